The highest BCUT2D eigenvalue weighted by molar-refractivity contribution is 6.05. The van der Waals surface area contributed by atoms with Crippen molar-refractivity contribution in [2.45, 2.75) is 26.2 Å². The summed E-state index contributed by atoms with van der Waals surface area (Å²) in [5, 5.41) is 6.34. The molecule has 0 aliphatic rings. The fraction of sp³-hybridized carbons (Fsp3) is 0.167. The summed E-state index contributed by atoms with van der Waals surface area (Å²) in [5.74, 6) is -0.625. The van der Waals surface area contributed by atoms with Crippen LogP contribution >= 0.6 is 0 Å². The first-order valence-corrected chi connectivity index (χ1v) is 9.39. The van der Waals surface area contributed by atoms with Crippen molar-refractivity contribution >= 4 is 16.7 Å². The molecule has 0 N–H and O–H groups in total. The van der Waals surface area contributed by atoms with E-state index >= 15 is 0 Å². The van der Waals surface area contributed by atoms with E-state index in [1.54, 1.807) is 24.3 Å². The van der Waals surface area contributed by atoms with E-state index < -0.39 is 5.97 Å². The third-order valence-electron chi connectivity index (χ3n) is 4.70. The van der Waals surface area contributed by atoms with Gasteiger partial charge in [-0.3, -0.25) is 0 Å². The molecule has 0 spiro atoms. The van der Waals surface area contributed by atoms with Crippen molar-refractivity contribution in [3.05, 3.63) is 89.9 Å². The van der Waals surface area contributed by atoms with Gasteiger partial charge < -0.3 is 4.74 Å². The van der Waals surface area contributed by atoms with Crippen molar-refractivity contribution in [3.8, 4) is 11.6 Å². The van der Waals surface area contributed by atoms with E-state index in [0.29, 0.717) is 11.3 Å². The molecule has 4 aromatic rings. The monoisotopic (exact) mass is 388 g/mol. The Morgan fingerprint density at radius 2 is 1.69 bits per heavy atom. The molecule has 0 fully saturated rings. The van der Waals surface area contributed by atoms with Gasteiger partial charge in [0.05, 0.1) is 16.9 Å². The lowest BCUT2D eigenvalue weighted by Crippen LogP contribution is -2.13. The number of nitrogens with zero attached hydrogens (tertiary/aromatic N) is 2. The molecule has 1 aromatic heterocycles. The molecule has 0 aliphatic carbocycles. The van der Waals surface area contributed by atoms with E-state index in [9.17, 15) is 9.18 Å². The minimum absolute atomic E-state index is 0.249. The molecule has 29 heavy (non-hydrogen) atoms. The molecule has 0 atom stereocenters. The van der Waals surface area contributed by atoms with E-state index in [-0.39, 0.29) is 17.1 Å². The molecule has 4 rings (SSSR count). The number of fused-ring (bicyclic) bond motifs is 1. The van der Waals surface area contributed by atoms with Crippen LogP contribution in [0.1, 0.15) is 36.8 Å². The quantitative estimate of drug-likeness (QED) is 0.424. The number of carbonyl (C=O) groups is 1. The van der Waals surface area contributed by atoms with Gasteiger partial charge in [0.25, 0.3) is 0 Å². The van der Waals surface area contributed by atoms with E-state index in [4.69, 9.17) is 4.74 Å². The van der Waals surface area contributed by atoms with Gasteiger partial charge in [-0.15, -0.1) is 0 Å². The maximum atomic E-state index is 13.8. The van der Waals surface area contributed by atoms with E-state index in [0.717, 1.165) is 16.5 Å². The van der Waals surface area contributed by atoms with Crippen molar-refractivity contribution in [2.24, 2.45) is 0 Å². The third kappa shape index (κ3) is 3.76. The Bertz CT molecular complexity index is 1200. The van der Waals surface area contributed by atoms with Gasteiger partial charge in [0, 0.05) is 11.5 Å². The van der Waals surface area contributed by atoms with E-state index in [1.165, 1.54) is 16.8 Å². The van der Waals surface area contributed by atoms with Gasteiger partial charge >= 0.3 is 5.97 Å². The average Bonchev–Trinajstić information content (AvgIpc) is 3.12. The predicted octanol–water partition coefficient (Wildman–Crippen LogP) is 5.68. The van der Waals surface area contributed by atoms with Gasteiger partial charge in [0.2, 0.25) is 5.88 Å². The first-order valence-electron chi connectivity index (χ1n) is 9.39. The van der Waals surface area contributed by atoms with Crippen LogP contribution in [-0.2, 0) is 5.41 Å². The number of hydrogen-bond donors (Lipinski definition) is 0. The number of rotatable bonds is 3. The zero-order valence-electron chi connectivity index (χ0n) is 16.5. The molecule has 0 amide bonds. The average molecular weight is 388 g/mol. The number of esters is 1. The summed E-state index contributed by atoms with van der Waals surface area (Å²) in [6.45, 7) is 6.05. The highest BCUT2D eigenvalue weighted by Gasteiger charge is 2.23. The lowest BCUT2D eigenvalue weighted by atomic mass is 9.93. The fourth-order valence-electron chi connectivity index (χ4n) is 3.15. The molecule has 0 bridgehead atoms. The van der Waals surface area contributed by atoms with Crippen LogP contribution in [0.25, 0.3) is 16.5 Å². The van der Waals surface area contributed by atoms with Crippen LogP contribution in [0.15, 0.2) is 72.8 Å². The molecule has 146 valence electrons. The molecular formula is C24H21FN2O2. The van der Waals surface area contributed by atoms with Crippen molar-refractivity contribution < 1.29 is 13.9 Å². The van der Waals surface area contributed by atoms with Crippen LogP contribution in [0.5, 0.6) is 5.88 Å². The Kier molecular flexibility index (Phi) is 4.66. The van der Waals surface area contributed by atoms with Crippen LogP contribution in [0.2, 0.25) is 0 Å². The maximum absolute atomic E-state index is 13.8. The van der Waals surface area contributed by atoms with Crippen molar-refractivity contribution in [2.75, 3.05) is 0 Å². The number of aromatic nitrogens is 2. The van der Waals surface area contributed by atoms with Gasteiger partial charge in [-0.2, -0.15) is 5.10 Å². The minimum Gasteiger partial charge on any atom is -0.404 e. The van der Waals surface area contributed by atoms with Gasteiger partial charge in [-0.05, 0) is 35.0 Å². The Morgan fingerprint density at radius 1 is 0.966 bits per heavy atom. The number of carbonyl (C=O) groups excluding carboxylic acids is 1. The number of hydrogen-bond acceptors (Lipinski definition) is 3. The maximum Gasteiger partial charge on any atom is 0.345 e. The van der Waals surface area contributed by atoms with Crippen LogP contribution in [0.3, 0.4) is 0 Å². The molecular weight excluding hydrogens is 367 g/mol. The van der Waals surface area contributed by atoms with Gasteiger partial charge in [0.15, 0.2) is 0 Å². The Labute approximate surface area is 168 Å². The second-order valence-corrected chi connectivity index (χ2v) is 7.93. The van der Waals surface area contributed by atoms with Crippen LogP contribution < -0.4 is 4.74 Å². The molecule has 5 heteroatoms. The number of halogens is 1. The Balaban J connectivity index is 1.78. The fourth-order valence-corrected chi connectivity index (χ4v) is 3.15. The summed E-state index contributed by atoms with van der Waals surface area (Å²) in [5.41, 5.74) is 1.43. The van der Waals surface area contributed by atoms with Crippen LogP contribution in [-0.4, -0.2) is 15.7 Å². The molecule has 0 unspecified atom stereocenters. The third-order valence-corrected chi connectivity index (χ3v) is 4.70. The van der Waals surface area contributed by atoms with Crippen LogP contribution in [0.4, 0.5) is 4.39 Å². The Morgan fingerprint density at radius 3 is 2.45 bits per heavy atom. The van der Waals surface area contributed by atoms with Gasteiger partial charge in [-0.1, -0.05) is 63.2 Å². The molecule has 0 aliphatic heterocycles. The van der Waals surface area contributed by atoms with Gasteiger partial charge in [0.1, 0.15) is 5.82 Å². The summed E-state index contributed by atoms with van der Waals surface area (Å²) in [6, 6.07) is 20.9. The minimum atomic E-state index is -0.486. The number of ether oxygens (including phenoxy) is 1. The summed E-state index contributed by atoms with van der Waals surface area (Å²) in [7, 11) is 0. The molecule has 3 aromatic carbocycles. The van der Waals surface area contributed by atoms with Crippen molar-refractivity contribution in [3.63, 3.8) is 0 Å². The van der Waals surface area contributed by atoms with Gasteiger partial charge in [-0.25, -0.2) is 13.9 Å². The normalized spacial score (nSPS) is 11.6. The smallest absolute Gasteiger partial charge is 0.345 e. The molecule has 1 heterocycles. The second-order valence-electron chi connectivity index (χ2n) is 7.93. The largest absolute Gasteiger partial charge is 0.404 e. The Hall–Kier alpha value is -3.47. The summed E-state index contributed by atoms with van der Waals surface area (Å²) in [6.07, 6.45) is 0. The van der Waals surface area contributed by atoms with Crippen molar-refractivity contribution in [1.82, 2.24) is 9.78 Å². The highest BCUT2D eigenvalue weighted by atomic mass is 19.1. The molecule has 0 saturated heterocycles. The lowest BCUT2D eigenvalue weighted by Gasteiger charge is -2.13. The standard InChI is InChI=1S/C24H21FN2O2/c1-24(2,3)21-15-22(27(26-21)18-11-7-10-17(25)14-18)29-23(28)20-13-6-9-16-8-4-5-12-19(16)20/h4-15H,1-3H3. The molecule has 4 nitrogen and oxygen atoms in total. The topological polar surface area (TPSA) is 44.1 Å². The lowest BCUT2D eigenvalue weighted by molar-refractivity contribution is 0.0725. The molecule has 0 radical (unpaired) electrons. The summed E-state index contributed by atoms with van der Waals surface area (Å²) in [4.78, 5) is 13.0. The van der Waals surface area contributed by atoms with E-state index in [1.807, 2.05) is 57.2 Å². The second kappa shape index (κ2) is 7.17. The summed E-state index contributed by atoms with van der Waals surface area (Å²) >= 11 is 0. The predicted molar refractivity (Wildman–Crippen MR) is 111 cm³/mol. The summed E-state index contributed by atoms with van der Waals surface area (Å²) < 4.78 is 21.0. The highest BCUT2D eigenvalue weighted by Crippen LogP contribution is 2.29. The SMILES string of the molecule is CC(C)(C)c1cc(OC(=O)c2cccc3ccccc23)n(-c2cccc(F)c2)n1. The molecule has 0 saturated carbocycles. The van der Waals surface area contributed by atoms with Crippen LogP contribution in [0, 0.1) is 5.82 Å². The zero-order chi connectivity index (χ0) is 20.6. The van der Waals surface area contributed by atoms with E-state index in [2.05, 4.69) is 5.10 Å². The first-order chi connectivity index (χ1) is 13.8. The zero-order valence-corrected chi connectivity index (χ0v) is 16.5. The number of benzene rings is 3. The first kappa shape index (κ1) is 18.9. The van der Waals surface area contributed by atoms with Crippen molar-refractivity contribution in [1.29, 1.82) is 0 Å².